The first kappa shape index (κ1) is 12.6. The molecule has 0 aliphatic heterocycles. The van der Waals surface area contributed by atoms with Gasteiger partial charge in [0.1, 0.15) is 0 Å². The summed E-state index contributed by atoms with van der Waals surface area (Å²) < 4.78 is 4.96. The minimum Gasteiger partial charge on any atom is -0.385 e. The summed E-state index contributed by atoms with van der Waals surface area (Å²) in [7, 11) is 3.76. The average molecular weight is 186 g/mol. The summed E-state index contributed by atoms with van der Waals surface area (Å²) in [5.41, 5.74) is 7.05. The summed E-state index contributed by atoms with van der Waals surface area (Å²) in [5.74, 6) is 0. The molecule has 2 N–H and O–H groups in total. The van der Waals surface area contributed by atoms with Crippen molar-refractivity contribution in [2.45, 2.75) is 19.4 Å². The molecule has 0 aliphatic rings. The minimum absolute atomic E-state index is 0.198. The zero-order valence-electron chi connectivity index (χ0n) is 9.05. The Bertz CT molecular complexity index is 148. The SMILES string of the molecule is C=C(C)CN(C)CC(N)CCOC. The van der Waals surface area contributed by atoms with E-state index < -0.39 is 0 Å². The van der Waals surface area contributed by atoms with E-state index in [-0.39, 0.29) is 6.04 Å². The molecule has 13 heavy (non-hydrogen) atoms. The summed E-state index contributed by atoms with van der Waals surface area (Å²) in [6.07, 6.45) is 0.914. The molecule has 0 rings (SSSR count). The summed E-state index contributed by atoms with van der Waals surface area (Å²) in [6, 6.07) is 0.198. The first-order valence-corrected chi connectivity index (χ1v) is 4.63. The quantitative estimate of drug-likeness (QED) is 0.599. The van der Waals surface area contributed by atoms with Crippen LogP contribution in [0.2, 0.25) is 0 Å². The highest BCUT2D eigenvalue weighted by molar-refractivity contribution is 4.91. The molecule has 0 radical (unpaired) electrons. The molecular weight excluding hydrogens is 164 g/mol. The monoisotopic (exact) mass is 186 g/mol. The number of hydrogen-bond acceptors (Lipinski definition) is 3. The van der Waals surface area contributed by atoms with Crippen LogP contribution in [0.5, 0.6) is 0 Å². The lowest BCUT2D eigenvalue weighted by molar-refractivity contribution is 0.181. The van der Waals surface area contributed by atoms with Crippen LogP contribution in [0.15, 0.2) is 12.2 Å². The first-order valence-electron chi connectivity index (χ1n) is 4.63. The van der Waals surface area contributed by atoms with Crippen LogP contribution < -0.4 is 5.73 Å². The van der Waals surface area contributed by atoms with E-state index in [0.29, 0.717) is 0 Å². The van der Waals surface area contributed by atoms with Crippen LogP contribution in [0.3, 0.4) is 0 Å². The molecule has 78 valence electrons. The van der Waals surface area contributed by atoms with Gasteiger partial charge in [0, 0.05) is 32.8 Å². The molecule has 0 aliphatic carbocycles. The van der Waals surface area contributed by atoms with Gasteiger partial charge in [0.15, 0.2) is 0 Å². The molecule has 0 saturated heterocycles. The van der Waals surface area contributed by atoms with Gasteiger partial charge in [-0.3, -0.25) is 0 Å². The van der Waals surface area contributed by atoms with Gasteiger partial charge in [-0.1, -0.05) is 12.2 Å². The van der Waals surface area contributed by atoms with Gasteiger partial charge in [0.2, 0.25) is 0 Å². The van der Waals surface area contributed by atoms with E-state index in [1.165, 1.54) is 5.57 Å². The van der Waals surface area contributed by atoms with Crippen molar-refractivity contribution >= 4 is 0 Å². The third-order valence-corrected chi connectivity index (χ3v) is 1.78. The number of rotatable bonds is 7. The summed E-state index contributed by atoms with van der Waals surface area (Å²) in [6.45, 7) is 8.44. The van der Waals surface area contributed by atoms with E-state index in [4.69, 9.17) is 10.5 Å². The molecule has 1 unspecified atom stereocenters. The topological polar surface area (TPSA) is 38.5 Å². The Labute approximate surface area is 81.5 Å². The molecule has 0 aromatic heterocycles. The zero-order valence-corrected chi connectivity index (χ0v) is 9.05. The van der Waals surface area contributed by atoms with E-state index in [2.05, 4.69) is 18.5 Å². The Hall–Kier alpha value is -0.380. The molecule has 1 atom stereocenters. The molecular formula is C10H22N2O. The van der Waals surface area contributed by atoms with E-state index in [9.17, 15) is 0 Å². The zero-order chi connectivity index (χ0) is 10.3. The van der Waals surface area contributed by atoms with Gasteiger partial charge in [-0.15, -0.1) is 0 Å². The molecule has 3 heteroatoms. The normalized spacial score (nSPS) is 13.3. The molecule has 3 nitrogen and oxygen atoms in total. The lowest BCUT2D eigenvalue weighted by atomic mass is 10.2. The van der Waals surface area contributed by atoms with Crippen molar-refractivity contribution in [2.75, 3.05) is 33.9 Å². The predicted molar refractivity (Wildman–Crippen MR) is 56.8 cm³/mol. The molecule has 0 aromatic rings. The van der Waals surface area contributed by atoms with E-state index >= 15 is 0 Å². The molecule has 0 amide bonds. The molecule has 0 heterocycles. The third kappa shape index (κ3) is 7.96. The summed E-state index contributed by atoms with van der Waals surface area (Å²) >= 11 is 0. The van der Waals surface area contributed by atoms with Crippen LogP contribution in [-0.4, -0.2) is 44.8 Å². The predicted octanol–water partition coefficient (Wildman–Crippen LogP) is 0.858. The third-order valence-electron chi connectivity index (χ3n) is 1.78. The number of nitrogens with two attached hydrogens (primary N) is 1. The van der Waals surface area contributed by atoms with E-state index in [1.54, 1.807) is 7.11 Å². The number of methoxy groups -OCH3 is 1. The van der Waals surface area contributed by atoms with Crippen molar-refractivity contribution in [3.8, 4) is 0 Å². The van der Waals surface area contributed by atoms with Crippen molar-refractivity contribution in [2.24, 2.45) is 5.73 Å². The Kier molecular flexibility index (Phi) is 6.86. The van der Waals surface area contributed by atoms with Crippen LogP contribution in [0.4, 0.5) is 0 Å². The smallest absolute Gasteiger partial charge is 0.0477 e. The standard InChI is InChI=1S/C10H22N2O/c1-9(2)7-12(3)8-10(11)5-6-13-4/h10H,1,5-8,11H2,2-4H3. The van der Waals surface area contributed by atoms with E-state index in [1.807, 2.05) is 6.92 Å². The van der Waals surface area contributed by atoms with Gasteiger partial charge in [0.05, 0.1) is 0 Å². The van der Waals surface area contributed by atoms with Crippen molar-refractivity contribution in [3.63, 3.8) is 0 Å². The van der Waals surface area contributed by atoms with Gasteiger partial charge in [-0.25, -0.2) is 0 Å². The van der Waals surface area contributed by atoms with Crippen LogP contribution >= 0.6 is 0 Å². The highest BCUT2D eigenvalue weighted by atomic mass is 16.5. The van der Waals surface area contributed by atoms with Crippen LogP contribution in [-0.2, 0) is 4.74 Å². The first-order chi connectivity index (χ1) is 6.06. The Morgan fingerprint density at radius 3 is 2.69 bits per heavy atom. The summed E-state index contributed by atoms with van der Waals surface area (Å²) in [4.78, 5) is 2.18. The van der Waals surface area contributed by atoms with Crippen LogP contribution in [0.25, 0.3) is 0 Å². The number of likely N-dealkylation sites (N-methyl/N-ethyl adjacent to an activating group) is 1. The number of nitrogens with zero attached hydrogens (tertiary/aromatic N) is 1. The maximum Gasteiger partial charge on any atom is 0.0477 e. The lowest BCUT2D eigenvalue weighted by Crippen LogP contribution is -2.36. The highest BCUT2D eigenvalue weighted by Crippen LogP contribution is 1.96. The van der Waals surface area contributed by atoms with Crippen LogP contribution in [0.1, 0.15) is 13.3 Å². The highest BCUT2D eigenvalue weighted by Gasteiger charge is 2.05. The van der Waals surface area contributed by atoms with Crippen molar-refractivity contribution in [1.29, 1.82) is 0 Å². The van der Waals surface area contributed by atoms with E-state index in [0.717, 1.165) is 26.1 Å². The second-order valence-electron chi connectivity index (χ2n) is 3.70. The van der Waals surface area contributed by atoms with Gasteiger partial charge in [-0.2, -0.15) is 0 Å². The number of ether oxygens (including phenoxy) is 1. The van der Waals surface area contributed by atoms with Gasteiger partial charge in [-0.05, 0) is 20.4 Å². The van der Waals surface area contributed by atoms with Crippen molar-refractivity contribution in [3.05, 3.63) is 12.2 Å². The largest absolute Gasteiger partial charge is 0.385 e. The maximum atomic E-state index is 5.89. The Balaban J connectivity index is 3.52. The molecule has 0 saturated carbocycles. The molecule has 0 fully saturated rings. The fraction of sp³-hybridized carbons (Fsp3) is 0.800. The van der Waals surface area contributed by atoms with Gasteiger partial charge < -0.3 is 15.4 Å². The Morgan fingerprint density at radius 1 is 1.62 bits per heavy atom. The van der Waals surface area contributed by atoms with Crippen molar-refractivity contribution in [1.82, 2.24) is 4.90 Å². The molecule has 0 bridgehead atoms. The molecule has 0 spiro atoms. The maximum absolute atomic E-state index is 5.89. The second-order valence-corrected chi connectivity index (χ2v) is 3.70. The summed E-state index contributed by atoms with van der Waals surface area (Å²) in [5, 5.41) is 0. The Morgan fingerprint density at radius 2 is 2.23 bits per heavy atom. The molecule has 0 aromatic carbocycles. The fourth-order valence-electron chi connectivity index (χ4n) is 1.29. The second kappa shape index (κ2) is 7.06. The van der Waals surface area contributed by atoms with Crippen LogP contribution in [0, 0.1) is 0 Å². The van der Waals surface area contributed by atoms with Gasteiger partial charge in [0.25, 0.3) is 0 Å². The van der Waals surface area contributed by atoms with Crippen molar-refractivity contribution < 1.29 is 4.74 Å². The average Bonchev–Trinajstić information content (AvgIpc) is 1.98. The minimum atomic E-state index is 0.198. The lowest BCUT2D eigenvalue weighted by Gasteiger charge is -2.20. The number of hydrogen-bond donors (Lipinski definition) is 1. The van der Waals surface area contributed by atoms with Gasteiger partial charge >= 0.3 is 0 Å². The fourth-order valence-corrected chi connectivity index (χ4v) is 1.29.